The molecule has 12 heavy (non-hydrogen) atoms. The highest BCUT2D eigenvalue weighted by atomic mass is 79.9. The van der Waals surface area contributed by atoms with E-state index >= 15 is 0 Å². The van der Waals surface area contributed by atoms with Crippen LogP contribution < -0.4 is 4.72 Å². The van der Waals surface area contributed by atoms with Crippen molar-refractivity contribution in [3.63, 3.8) is 0 Å². The number of nitrogens with one attached hydrogen (secondary N) is 1. The number of allylic oxidation sites excluding steroid dienone is 2. The molecule has 1 saturated heterocycles. The highest BCUT2D eigenvalue weighted by Gasteiger charge is 2.40. The van der Waals surface area contributed by atoms with Gasteiger partial charge < -0.3 is 0 Å². The molecule has 1 aliphatic carbocycles. The van der Waals surface area contributed by atoms with Gasteiger partial charge in [0.15, 0.2) is 0 Å². The molecular formula is C7H8BrNO2S. The molecule has 2 atom stereocenters. The lowest BCUT2D eigenvalue weighted by atomic mass is 9.98. The normalized spacial score (nSPS) is 37.5. The maximum absolute atomic E-state index is 11.4. The second kappa shape index (κ2) is 2.43. The van der Waals surface area contributed by atoms with Gasteiger partial charge in [-0.1, -0.05) is 28.9 Å². The summed E-state index contributed by atoms with van der Waals surface area (Å²) in [6, 6.07) is -0.0654. The minimum atomic E-state index is -3.18. The predicted octanol–water partition coefficient (Wildman–Crippen LogP) is 1.10. The largest absolute Gasteiger partial charge is 0.237 e. The lowest BCUT2D eigenvalue weighted by Gasteiger charge is -2.12. The third-order valence-electron chi connectivity index (χ3n) is 2.21. The van der Waals surface area contributed by atoms with Crippen LogP contribution in [0.5, 0.6) is 0 Å². The standard InChI is InChI=1S/C7H8BrNO2S/c1-4-6-2-5(8)3-7(4)12(10,11)9-6/h2-4,6,9H,1H3. The number of fused-ring (bicyclic) bond motifs is 2. The van der Waals surface area contributed by atoms with Crippen LogP contribution in [0.3, 0.4) is 0 Å². The molecule has 0 spiro atoms. The van der Waals surface area contributed by atoms with Crippen molar-refractivity contribution in [1.29, 1.82) is 0 Å². The predicted molar refractivity (Wildman–Crippen MR) is 50.1 cm³/mol. The van der Waals surface area contributed by atoms with Crippen LogP contribution in [0.2, 0.25) is 0 Å². The molecule has 0 saturated carbocycles. The van der Waals surface area contributed by atoms with E-state index in [1.165, 1.54) is 0 Å². The van der Waals surface area contributed by atoms with Crippen molar-refractivity contribution >= 4 is 26.0 Å². The molecule has 3 nitrogen and oxygen atoms in total. The maximum Gasteiger partial charge on any atom is 0.237 e. The van der Waals surface area contributed by atoms with Gasteiger partial charge in [0.25, 0.3) is 0 Å². The zero-order chi connectivity index (χ0) is 8.93. The summed E-state index contributed by atoms with van der Waals surface area (Å²) in [5.74, 6) is 0.0660. The van der Waals surface area contributed by atoms with Crippen LogP contribution in [-0.4, -0.2) is 14.5 Å². The van der Waals surface area contributed by atoms with Crippen LogP contribution in [-0.2, 0) is 10.0 Å². The van der Waals surface area contributed by atoms with Crippen molar-refractivity contribution in [3.05, 3.63) is 21.5 Å². The summed E-state index contributed by atoms with van der Waals surface area (Å²) in [5, 5.41) is 0. The van der Waals surface area contributed by atoms with Gasteiger partial charge in [-0.05, 0) is 6.08 Å². The first-order valence-corrected chi connectivity index (χ1v) is 5.89. The molecule has 0 aromatic rings. The Kier molecular flexibility index (Phi) is 1.72. The van der Waals surface area contributed by atoms with E-state index in [0.717, 1.165) is 4.48 Å². The first-order valence-electron chi connectivity index (χ1n) is 3.62. The van der Waals surface area contributed by atoms with E-state index in [1.54, 1.807) is 6.08 Å². The fraction of sp³-hybridized carbons (Fsp3) is 0.429. The zero-order valence-electron chi connectivity index (χ0n) is 6.41. The summed E-state index contributed by atoms with van der Waals surface area (Å²) < 4.78 is 26.1. The molecule has 2 bridgehead atoms. The summed E-state index contributed by atoms with van der Waals surface area (Å²) in [4.78, 5) is 0.488. The summed E-state index contributed by atoms with van der Waals surface area (Å²) in [6.07, 6.45) is 3.54. The Morgan fingerprint density at radius 1 is 1.58 bits per heavy atom. The molecule has 0 aromatic carbocycles. The highest BCUT2D eigenvalue weighted by Crippen LogP contribution is 2.35. The van der Waals surface area contributed by atoms with Gasteiger partial charge in [0.2, 0.25) is 10.0 Å². The smallest absolute Gasteiger partial charge is 0.207 e. The molecule has 0 amide bonds. The first-order chi connectivity index (χ1) is 5.50. The third kappa shape index (κ3) is 1.08. The van der Waals surface area contributed by atoms with Gasteiger partial charge >= 0.3 is 0 Å². The fourth-order valence-electron chi connectivity index (χ4n) is 1.51. The van der Waals surface area contributed by atoms with Gasteiger partial charge in [0.05, 0.1) is 4.91 Å². The minimum absolute atomic E-state index is 0.0654. The molecule has 0 aromatic heterocycles. The van der Waals surface area contributed by atoms with Gasteiger partial charge in [-0.25, -0.2) is 13.1 Å². The Hall–Kier alpha value is -0.130. The average molecular weight is 250 g/mol. The quantitative estimate of drug-likeness (QED) is 0.699. The van der Waals surface area contributed by atoms with Crippen molar-refractivity contribution in [2.75, 3.05) is 0 Å². The van der Waals surface area contributed by atoms with Crippen LogP contribution in [0.15, 0.2) is 21.5 Å². The van der Waals surface area contributed by atoms with Crippen LogP contribution in [0, 0.1) is 5.92 Å². The second-order valence-corrected chi connectivity index (χ2v) is 5.66. The van der Waals surface area contributed by atoms with Gasteiger partial charge in [0, 0.05) is 16.4 Å². The monoisotopic (exact) mass is 249 g/mol. The van der Waals surface area contributed by atoms with E-state index in [4.69, 9.17) is 0 Å². The van der Waals surface area contributed by atoms with E-state index in [0.29, 0.717) is 4.91 Å². The van der Waals surface area contributed by atoms with Gasteiger partial charge in [-0.15, -0.1) is 0 Å². The Labute approximate surface area is 79.7 Å². The molecule has 1 fully saturated rings. The fourth-order valence-corrected chi connectivity index (χ4v) is 3.88. The Bertz CT molecular complexity index is 382. The van der Waals surface area contributed by atoms with Crippen LogP contribution in [0.1, 0.15) is 6.92 Å². The molecule has 1 heterocycles. The lowest BCUT2D eigenvalue weighted by Crippen LogP contribution is -2.25. The van der Waals surface area contributed by atoms with Crippen molar-refractivity contribution in [2.24, 2.45) is 5.92 Å². The minimum Gasteiger partial charge on any atom is -0.207 e. The topological polar surface area (TPSA) is 46.2 Å². The van der Waals surface area contributed by atoms with Gasteiger partial charge in [0.1, 0.15) is 0 Å². The number of rotatable bonds is 0. The van der Waals surface area contributed by atoms with Crippen molar-refractivity contribution in [3.8, 4) is 0 Å². The zero-order valence-corrected chi connectivity index (χ0v) is 8.81. The molecule has 2 unspecified atom stereocenters. The first kappa shape index (κ1) is 8.47. The summed E-state index contributed by atoms with van der Waals surface area (Å²) in [7, 11) is -3.18. The van der Waals surface area contributed by atoms with Gasteiger partial charge in [-0.3, -0.25) is 0 Å². The van der Waals surface area contributed by atoms with Crippen molar-refractivity contribution in [2.45, 2.75) is 13.0 Å². The molecule has 5 heteroatoms. The second-order valence-electron chi connectivity index (χ2n) is 3.03. The Morgan fingerprint density at radius 3 is 2.83 bits per heavy atom. The van der Waals surface area contributed by atoms with E-state index in [2.05, 4.69) is 20.7 Å². The van der Waals surface area contributed by atoms with Crippen LogP contribution in [0.4, 0.5) is 0 Å². The molecular weight excluding hydrogens is 242 g/mol. The number of hydrogen-bond acceptors (Lipinski definition) is 2. The third-order valence-corrected chi connectivity index (χ3v) is 4.39. The lowest BCUT2D eigenvalue weighted by molar-refractivity contribution is 0.582. The van der Waals surface area contributed by atoms with E-state index in [-0.39, 0.29) is 12.0 Å². The SMILES string of the molecule is CC1C2=CC(Br)=CC1NS2(=O)=O. The molecule has 0 radical (unpaired) electrons. The summed E-state index contributed by atoms with van der Waals surface area (Å²) in [5.41, 5.74) is 0. The molecule has 2 rings (SSSR count). The molecule has 1 aliphatic heterocycles. The van der Waals surface area contributed by atoms with Gasteiger partial charge in [-0.2, -0.15) is 0 Å². The van der Waals surface area contributed by atoms with Crippen LogP contribution in [0.25, 0.3) is 0 Å². The number of sulfonamides is 1. The van der Waals surface area contributed by atoms with E-state index in [9.17, 15) is 8.42 Å². The number of hydrogen-bond donors (Lipinski definition) is 1. The van der Waals surface area contributed by atoms with Crippen molar-refractivity contribution in [1.82, 2.24) is 4.72 Å². The Morgan fingerprint density at radius 2 is 2.25 bits per heavy atom. The number of halogens is 1. The molecule has 66 valence electrons. The summed E-state index contributed by atoms with van der Waals surface area (Å²) >= 11 is 3.27. The van der Waals surface area contributed by atoms with E-state index in [1.807, 2.05) is 13.0 Å². The van der Waals surface area contributed by atoms with Crippen molar-refractivity contribution < 1.29 is 8.42 Å². The van der Waals surface area contributed by atoms with Crippen LogP contribution >= 0.6 is 15.9 Å². The molecule has 2 aliphatic rings. The van der Waals surface area contributed by atoms with E-state index < -0.39 is 10.0 Å². The Balaban J connectivity index is 2.60. The average Bonchev–Trinajstić information content (AvgIpc) is 2.12. The summed E-state index contributed by atoms with van der Waals surface area (Å²) in [6.45, 7) is 1.91. The maximum atomic E-state index is 11.4. The molecule has 1 N–H and O–H groups in total. The highest BCUT2D eigenvalue weighted by molar-refractivity contribution is 9.11.